The number of likely N-dealkylation sites (tertiary alicyclic amines) is 1. The molecule has 1 atom stereocenters. The number of fused-ring (bicyclic) bond motifs is 1. The number of aromatic nitrogens is 4. The van der Waals surface area contributed by atoms with Gasteiger partial charge < -0.3 is 10.0 Å². The van der Waals surface area contributed by atoms with Crippen molar-refractivity contribution in [2.24, 2.45) is 0 Å². The Kier molecular flexibility index (Phi) is 4.44. The fourth-order valence-corrected chi connectivity index (χ4v) is 3.57. The molecule has 1 amide bonds. The molecular weight excluding hydrogens is 387 g/mol. The Bertz CT molecular complexity index is 1090. The van der Waals surface area contributed by atoms with Crippen molar-refractivity contribution >= 4 is 17.1 Å². The number of hydrogen-bond acceptors (Lipinski definition) is 5. The fourth-order valence-electron chi connectivity index (χ4n) is 3.57. The van der Waals surface area contributed by atoms with Gasteiger partial charge in [0, 0.05) is 25.6 Å². The molecule has 1 saturated heterocycles. The summed E-state index contributed by atoms with van der Waals surface area (Å²) in [5, 5.41) is 19.0. The first-order valence-electron chi connectivity index (χ1n) is 9.02. The number of amides is 1. The van der Waals surface area contributed by atoms with Gasteiger partial charge in [-0.15, -0.1) is 5.10 Å². The highest BCUT2D eigenvalue weighted by Crippen LogP contribution is 2.38. The minimum Gasteiger partial charge on any atom is -0.507 e. The minimum atomic E-state index is -4.55. The van der Waals surface area contributed by atoms with Crippen LogP contribution >= 0.6 is 0 Å². The molecule has 0 radical (unpaired) electrons. The number of phenolic OH excluding ortho intramolecular Hbond substituents is 1. The number of alkyl halides is 3. The highest BCUT2D eigenvalue weighted by molar-refractivity contribution is 5.78. The molecule has 3 heterocycles. The average molecular weight is 405 g/mol. The van der Waals surface area contributed by atoms with E-state index in [4.69, 9.17) is 0 Å². The maximum Gasteiger partial charge on any atom is 0.416 e. The number of aryl methyl sites for hydroxylation is 1. The number of benzene rings is 1. The van der Waals surface area contributed by atoms with Gasteiger partial charge in [0.15, 0.2) is 0 Å². The van der Waals surface area contributed by atoms with E-state index in [0.29, 0.717) is 42.3 Å². The molecule has 2 aromatic heterocycles. The molecule has 29 heavy (non-hydrogen) atoms. The summed E-state index contributed by atoms with van der Waals surface area (Å²) < 4.78 is 38.8. The number of rotatable bonds is 2. The molecule has 0 spiro atoms. The van der Waals surface area contributed by atoms with Gasteiger partial charge in [-0.3, -0.25) is 4.79 Å². The predicted octanol–water partition coefficient (Wildman–Crippen LogP) is 3.32. The van der Waals surface area contributed by atoms with Gasteiger partial charge in [0.05, 0.1) is 17.3 Å². The number of hydrogen-bond donors (Lipinski definition) is 1. The third-order valence-corrected chi connectivity index (χ3v) is 5.09. The lowest BCUT2D eigenvalue weighted by atomic mass is 10.0. The second-order valence-electron chi connectivity index (χ2n) is 7.21. The van der Waals surface area contributed by atoms with Gasteiger partial charge in [-0.25, -0.2) is 4.98 Å². The Labute approximate surface area is 163 Å². The molecule has 1 aliphatic rings. The van der Waals surface area contributed by atoms with Crippen molar-refractivity contribution in [3.8, 4) is 17.0 Å². The van der Waals surface area contributed by atoms with E-state index < -0.39 is 17.5 Å². The van der Waals surface area contributed by atoms with Crippen molar-refractivity contribution in [2.75, 3.05) is 13.6 Å². The highest BCUT2D eigenvalue weighted by atomic mass is 19.4. The monoisotopic (exact) mass is 405 g/mol. The molecule has 0 unspecified atom stereocenters. The Morgan fingerprint density at radius 3 is 2.62 bits per heavy atom. The number of nitrogens with zero attached hydrogens (tertiary/aromatic N) is 5. The zero-order valence-corrected chi connectivity index (χ0v) is 15.7. The van der Waals surface area contributed by atoms with Crippen molar-refractivity contribution in [3.63, 3.8) is 0 Å². The summed E-state index contributed by atoms with van der Waals surface area (Å²) in [5.74, 6) is -0.421. The highest BCUT2D eigenvalue weighted by Gasteiger charge is 2.32. The van der Waals surface area contributed by atoms with Crippen LogP contribution in [0.1, 0.15) is 30.0 Å². The standard InChI is InChI=1S/C19H18F3N5O2/c1-10-7-11(19(20,21)22)8-15(28)17(10)13-4-5-14-18(23-13)25-27(24-14)12-3-6-16(29)26(2)9-12/h4-5,7-8,12,28H,3,6,9H2,1-2H3/t12-/m0/s1. The second kappa shape index (κ2) is 6.71. The van der Waals surface area contributed by atoms with Crippen molar-refractivity contribution in [1.82, 2.24) is 24.9 Å². The molecular formula is C19H18F3N5O2. The zero-order chi connectivity index (χ0) is 20.9. The van der Waals surface area contributed by atoms with Crippen LogP contribution < -0.4 is 0 Å². The summed E-state index contributed by atoms with van der Waals surface area (Å²) in [6.45, 7) is 1.98. The van der Waals surface area contributed by atoms with E-state index in [2.05, 4.69) is 15.2 Å². The molecule has 4 rings (SSSR count). The quantitative estimate of drug-likeness (QED) is 0.707. The number of halogens is 3. The van der Waals surface area contributed by atoms with E-state index in [9.17, 15) is 23.1 Å². The number of carbonyl (C=O) groups excluding carboxylic acids is 1. The summed E-state index contributed by atoms with van der Waals surface area (Å²) in [6, 6.07) is 4.85. The smallest absolute Gasteiger partial charge is 0.416 e. The molecule has 1 N–H and O–H groups in total. The Morgan fingerprint density at radius 2 is 1.97 bits per heavy atom. The molecule has 0 aliphatic carbocycles. The lowest BCUT2D eigenvalue weighted by molar-refractivity contribution is -0.137. The van der Waals surface area contributed by atoms with E-state index in [-0.39, 0.29) is 23.1 Å². The summed E-state index contributed by atoms with van der Waals surface area (Å²) in [6.07, 6.45) is -3.51. The summed E-state index contributed by atoms with van der Waals surface area (Å²) in [4.78, 5) is 19.2. The summed E-state index contributed by atoms with van der Waals surface area (Å²) in [5.41, 5.74) is 0.711. The first kappa shape index (κ1) is 19.2. The topological polar surface area (TPSA) is 84.1 Å². The SMILES string of the molecule is Cc1cc(C(F)(F)F)cc(O)c1-c1ccc2nn([C@H]3CCC(=O)N(C)C3)nc2n1. The molecule has 0 saturated carbocycles. The fraction of sp³-hybridized carbons (Fsp3) is 0.368. The van der Waals surface area contributed by atoms with Crippen LogP contribution in [0.25, 0.3) is 22.4 Å². The number of phenols is 1. The maximum atomic E-state index is 12.9. The molecule has 1 aliphatic heterocycles. The Balaban J connectivity index is 1.71. The molecule has 0 bridgehead atoms. The van der Waals surface area contributed by atoms with Crippen molar-refractivity contribution in [2.45, 2.75) is 32.0 Å². The molecule has 7 nitrogen and oxygen atoms in total. The van der Waals surface area contributed by atoms with Crippen molar-refractivity contribution < 1.29 is 23.1 Å². The van der Waals surface area contributed by atoms with Crippen LogP contribution in [0.4, 0.5) is 13.2 Å². The van der Waals surface area contributed by atoms with Gasteiger partial charge in [0.25, 0.3) is 0 Å². The zero-order valence-electron chi connectivity index (χ0n) is 15.7. The number of carbonyl (C=O) groups is 1. The lowest BCUT2D eigenvalue weighted by Crippen LogP contribution is -2.38. The number of likely N-dealkylation sites (N-methyl/N-ethyl adjacent to an activating group) is 1. The van der Waals surface area contributed by atoms with Gasteiger partial charge in [0.1, 0.15) is 11.3 Å². The third-order valence-electron chi connectivity index (χ3n) is 5.09. The number of aromatic hydroxyl groups is 1. The normalized spacial score (nSPS) is 17.9. The minimum absolute atomic E-state index is 0.0726. The molecule has 1 aromatic carbocycles. The van der Waals surface area contributed by atoms with Crippen LogP contribution in [0.5, 0.6) is 5.75 Å². The Hall–Kier alpha value is -3.17. The van der Waals surface area contributed by atoms with Gasteiger partial charge in [-0.2, -0.15) is 23.1 Å². The van der Waals surface area contributed by atoms with Gasteiger partial charge in [-0.1, -0.05) is 0 Å². The summed E-state index contributed by atoms with van der Waals surface area (Å²) >= 11 is 0. The van der Waals surface area contributed by atoms with Gasteiger partial charge >= 0.3 is 6.18 Å². The maximum absolute atomic E-state index is 12.9. The van der Waals surface area contributed by atoms with Crippen LogP contribution in [0.2, 0.25) is 0 Å². The van der Waals surface area contributed by atoms with E-state index >= 15 is 0 Å². The van der Waals surface area contributed by atoms with Crippen LogP contribution in [-0.2, 0) is 11.0 Å². The molecule has 152 valence electrons. The molecule has 3 aromatic rings. The van der Waals surface area contributed by atoms with Gasteiger partial charge in [-0.05, 0) is 43.2 Å². The van der Waals surface area contributed by atoms with E-state index in [1.165, 1.54) is 11.7 Å². The van der Waals surface area contributed by atoms with Crippen molar-refractivity contribution in [3.05, 3.63) is 35.4 Å². The Morgan fingerprint density at radius 1 is 1.21 bits per heavy atom. The van der Waals surface area contributed by atoms with E-state index in [1.807, 2.05) is 0 Å². The van der Waals surface area contributed by atoms with E-state index in [0.717, 1.165) is 6.07 Å². The van der Waals surface area contributed by atoms with E-state index in [1.54, 1.807) is 24.1 Å². The summed E-state index contributed by atoms with van der Waals surface area (Å²) in [7, 11) is 1.73. The van der Waals surface area contributed by atoms with Gasteiger partial charge in [0.2, 0.25) is 11.6 Å². The molecule has 10 heteroatoms. The predicted molar refractivity (Wildman–Crippen MR) is 98.1 cm³/mol. The number of pyridine rings is 1. The first-order valence-corrected chi connectivity index (χ1v) is 9.02. The first-order chi connectivity index (χ1) is 13.6. The average Bonchev–Trinajstić information content (AvgIpc) is 3.06. The van der Waals surface area contributed by atoms with Crippen LogP contribution in [-0.4, -0.2) is 49.5 Å². The largest absolute Gasteiger partial charge is 0.507 e. The molecule has 1 fully saturated rings. The van der Waals surface area contributed by atoms with Crippen LogP contribution in [0.3, 0.4) is 0 Å². The van der Waals surface area contributed by atoms with Crippen LogP contribution in [0, 0.1) is 6.92 Å². The van der Waals surface area contributed by atoms with Crippen LogP contribution in [0.15, 0.2) is 24.3 Å². The number of piperidine rings is 1. The second-order valence-corrected chi connectivity index (χ2v) is 7.21. The third kappa shape index (κ3) is 3.50. The van der Waals surface area contributed by atoms with Crippen molar-refractivity contribution in [1.29, 1.82) is 0 Å². The lowest BCUT2D eigenvalue weighted by Gasteiger charge is -2.28.